The van der Waals surface area contributed by atoms with Crippen LogP contribution < -0.4 is 0 Å². The first kappa shape index (κ1) is 14.0. The molecule has 0 aromatic carbocycles. The van der Waals surface area contributed by atoms with Crippen LogP contribution >= 0.6 is 0 Å². The maximum Gasteiger partial charge on any atom is 0.157 e. The van der Waals surface area contributed by atoms with Gasteiger partial charge in [0.05, 0.1) is 29.8 Å². The lowest BCUT2D eigenvalue weighted by Crippen LogP contribution is -2.24. The van der Waals surface area contributed by atoms with E-state index in [1.165, 1.54) is 6.42 Å². The fourth-order valence-corrected chi connectivity index (χ4v) is 3.11. The minimum absolute atomic E-state index is 0.291. The molecule has 1 fully saturated rings. The second-order valence-corrected chi connectivity index (χ2v) is 5.72. The average molecular weight is 306 g/mol. The zero-order valence-corrected chi connectivity index (χ0v) is 12.8. The fraction of sp³-hybridized carbons (Fsp3) is 0.294. The van der Waals surface area contributed by atoms with E-state index in [1.807, 2.05) is 24.5 Å². The average Bonchev–Trinajstić information content (AvgIpc) is 3.28. The van der Waals surface area contributed by atoms with Gasteiger partial charge in [-0.2, -0.15) is 0 Å². The molecule has 4 rings (SSSR count). The van der Waals surface area contributed by atoms with E-state index < -0.39 is 0 Å². The van der Waals surface area contributed by atoms with E-state index in [-0.39, 0.29) is 0 Å². The van der Waals surface area contributed by atoms with Crippen LogP contribution in [0.5, 0.6) is 0 Å². The van der Waals surface area contributed by atoms with Crippen LogP contribution in [0.15, 0.2) is 49.2 Å². The molecule has 3 aromatic rings. The highest BCUT2D eigenvalue weighted by Crippen LogP contribution is 2.32. The number of imidazole rings is 1. The molecule has 0 aliphatic carbocycles. The van der Waals surface area contributed by atoms with Crippen molar-refractivity contribution in [3.8, 4) is 11.5 Å². The highest BCUT2D eigenvalue weighted by Gasteiger charge is 2.28. The predicted molar refractivity (Wildman–Crippen MR) is 86.2 cm³/mol. The third-order valence-electron chi connectivity index (χ3n) is 4.19. The number of nitrogens with one attached hydrogen (secondary N) is 1. The van der Waals surface area contributed by atoms with Gasteiger partial charge in [0, 0.05) is 25.1 Å². The lowest BCUT2D eigenvalue weighted by atomic mass is 10.1. The summed E-state index contributed by atoms with van der Waals surface area (Å²) in [5, 5.41) is 0. The summed E-state index contributed by atoms with van der Waals surface area (Å²) in [6.45, 7) is 1.91. The molecule has 6 heteroatoms. The number of aromatic nitrogens is 5. The normalized spacial score (nSPS) is 18.3. The first-order valence-corrected chi connectivity index (χ1v) is 7.86. The molecule has 1 aliphatic heterocycles. The molecule has 0 unspecified atom stereocenters. The van der Waals surface area contributed by atoms with Crippen LogP contribution in [0.3, 0.4) is 0 Å². The van der Waals surface area contributed by atoms with Crippen molar-refractivity contribution in [1.29, 1.82) is 0 Å². The lowest BCUT2D eigenvalue weighted by Gasteiger charge is -2.23. The number of pyridine rings is 1. The Morgan fingerprint density at radius 3 is 3.00 bits per heavy atom. The van der Waals surface area contributed by atoms with Crippen LogP contribution in [0.4, 0.5) is 0 Å². The van der Waals surface area contributed by atoms with Crippen molar-refractivity contribution in [2.75, 3.05) is 6.54 Å². The van der Waals surface area contributed by atoms with E-state index in [0.29, 0.717) is 6.04 Å². The topological polar surface area (TPSA) is 70.6 Å². The van der Waals surface area contributed by atoms with Gasteiger partial charge in [0.2, 0.25) is 0 Å². The zero-order valence-electron chi connectivity index (χ0n) is 12.8. The van der Waals surface area contributed by atoms with Crippen molar-refractivity contribution < 1.29 is 0 Å². The molecule has 0 saturated carbocycles. The molecule has 23 heavy (non-hydrogen) atoms. The Bertz CT molecular complexity index is 756. The van der Waals surface area contributed by atoms with Crippen LogP contribution in [0.25, 0.3) is 11.5 Å². The maximum atomic E-state index is 4.77. The zero-order chi connectivity index (χ0) is 15.5. The van der Waals surface area contributed by atoms with Gasteiger partial charge in [-0.25, -0.2) is 9.97 Å². The summed E-state index contributed by atoms with van der Waals surface area (Å²) in [7, 11) is 0. The van der Waals surface area contributed by atoms with E-state index in [2.05, 4.69) is 30.9 Å². The number of H-pyrrole nitrogens is 1. The van der Waals surface area contributed by atoms with Crippen molar-refractivity contribution in [3.63, 3.8) is 0 Å². The SMILES string of the molecule is c1ccc(CN2CCC[C@@H]2c2cncc(-c3ncc[nH]3)n2)nc1. The molecule has 0 radical (unpaired) electrons. The quantitative estimate of drug-likeness (QED) is 0.802. The molecule has 0 bridgehead atoms. The number of nitrogens with zero attached hydrogens (tertiary/aromatic N) is 5. The maximum absolute atomic E-state index is 4.77. The van der Waals surface area contributed by atoms with E-state index in [0.717, 1.165) is 42.4 Å². The Balaban J connectivity index is 1.58. The third kappa shape index (κ3) is 2.98. The number of likely N-dealkylation sites (tertiary alicyclic amines) is 1. The number of hydrogen-bond donors (Lipinski definition) is 1. The Morgan fingerprint density at radius 2 is 2.17 bits per heavy atom. The molecule has 0 spiro atoms. The van der Waals surface area contributed by atoms with Gasteiger partial charge in [-0.15, -0.1) is 0 Å². The molecule has 6 nitrogen and oxygen atoms in total. The van der Waals surface area contributed by atoms with E-state index in [4.69, 9.17) is 4.98 Å². The van der Waals surface area contributed by atoms with Gasteiger partial charge in [0.1, 0.15) is 5.69 Å². The molecule has 1 N–H and O–H groups in total. The minimum atomic E-state index is 0.291. The second kappa shape index (κ2) is 6.26. The van der Waals surface area contributed by atoms with Crippen LogP contribution in [-0.4, -0.2) is 36.4 Å². The van der Waals surface area contributed by atoms with Gasteiger partial charge in [-0.1, -0.05) is 6.07 Å². The van der Waals surface area contributed by atoms with E-state index in [1.54, 1.807) is 18.6 Å². The number of rotatable bonds is 4. The van der Waals surface area contributed by atoms with Crippen LogP contribution in [-0.2, 0) is 6.54 Å². The van der Waals surface area contributed by atoms with E-state index in [9.17, 15) is 0 Å². The standard InChI is InChI=1S/C17H18N6/c1-2-6-19-13(4-1)12-23-9-3-5-16(23)14-10-18-11-15(22-14)17-20-7-8-21-17/h1-2,4,6-8,10-11,16H,3,5,9,12H2,(H,20,21)/t16-/m1/s1. The molecule has 1 atom stereocenters. The Labute approximate surface area is 134 Å². The van der Waals surface area contributed by atoms with Gasteiger partial charge >= 0.3 is 0 Å². The molecule has 3 aromatic heterocycles. The molecule has 0 amide bonds. The van der Waals surface area contributed by atoms with Crippen molar-refractivity contribution in [3.05, 3.63) is 60.6 Å². The molecule has 1 aliphatic rings. The highest BCUT2D eigenvalue weighted by atomic mass is 15.2. The lowest BCUT2D eigenvalue weighted by molar-refractivity contribution is 0.241. The van der Waals surface area contributed by atoms with Crippen LogP contribution in [0, 0.1) is 0 Å². The monoisotopic (exact) mass is 306 g/mol. The molecular weight excluding hydrogens is 288 g/mol. The Hall–Kier alpha value is -2.60. The first-order chi connectivity index (χ1) is 11.4. The Morgan fingerprint density at radius 1 is 1.17 bits per heavy atom. The summed E-state index contributed by atoms with van der Waals surface area (Å²) < 4.78 is 0. The third-order valence-corrected chi connectivity index (χ3v) is 4.19. The number of hydrogen-bond acceptors (Lipinski definition) is 5. The summed E-state index contributed by atoms with van der Waals surface area (Å²) in [5.41, 5.74) is 2.89. The van der Waals surface area contributed by atoms with Crippen LogP contribution in [0.1, 0.15) is 30.3 Å². The second-order valence-electron chi connectivity index (χ2n) is 5.72. The largest absolute Gasteiger partial charge is 0.343 e. The fourth-order valence-electron chi connectivity index (χ4n) is 3.11. The highest BCUT2D eigenvalue weighted by molar-refractivity contribution is 5.47. The smallest absolute Gasteiger partial charge is 0.157 e. The first-order valence-electron chi connectivity index (χ1n) is 7.86. The van der Waals surface area contributed by atoms with Gasteiger partial charge in [0.25, 0.3) is 0 Å². The van der Waals surface area contributed by atoms with Crippen LogP contribution in [0.2, 0.25) is 0 Å². The summed E-state index contributed by atoms with van der Waals surface area (Å²) in [5.74, 6) is 0.758. The summed E-state index contributed by atoms with van der Waals surface area (Å²) in [6.07, 6.45) is 11.3. The molecule has 4 heterocycles. The predicted octanol–water partition coefficient (Wildman–Crippen LogP) is 2.60. The minimum Gasteiger partial charge on any atom is -0.343 e. The van der Waals surface area contributed by atoms with Gasteiger partial charge in [-0.3, -0.25) is 14.9 Å². The van der Waals surface area contributed by atoms with Crippen molar-refractivity contribution in [2.24, 2.45) is 0 Å². The molecule has 1 saturated heterocycles. The van der Waals surface area contributed by atoms with Gasteiger partial charge in [-0.05, 0) is 31.5 Å². The van der Waals surface area contributed by atoms with Gasteiger partial charge in [0.15, 0.2) is 5.82 Å². The summed E-state index contributed by atoms with van der Waals surface area (Å²) in [6, 6.07) is 6.34. The van der Waals surface area contributed by atoms with Gasteiger partial charge < -0.3 is 4.98 Å². The van der Waals surface area contributed by atoms with Crippen molar-refractivity contribution >= 4 is 0 Å². The summed E-state index contributed by atoms with van der Waals surface area (Å²) in [4.78, 5) is 23.3. The number of aromatic amines is 1. The summed E-state index contributed by atoms with van der Waals surface area (Å²) >= 11 is 0. The van der Waals surface area contributed by atoms with Crippen molar-refractivity contribution in [2.45, 2.75) is 25.4 Å². The Kier molecular flexibility index (Phi) is 3.81. The molecule has 116 valence electrons. The van der Waals surface area contributed by atoms with Crippen molar-refractivity contribution in [1.82, 2.24) is 29.8 Å². The van der Waals surface area contributed by atoms with E-state index >= 15 is 0 Å². The molecular formula is C17H18N6.